The molecule has 86 valence electrons. The maximum Gasteiger partial charge on any atom is 0.102 e. The number of aromatic nitrogens is 3. The number of methoxy groups -OCH3 is 2. The third-order valence-electron chi connectivity index (χ3n) is 2.29. The number of hydrogen-bond donors (Lipinski definition) is 1. The van der Waals surface area contributed by atoms with Crippen LogP contribution in [-0.4, -0.2) is 35.8 Å². The summed E-state index contributed by atoms with van der Waals surface area (Å²) in [5.41, 5.74) is 7.29. The highest BCUT2D eigenvalue weighted by molar-refractivity contribution is 5.12. The van der Waals surface area contributed by atoms with Crippen molar-refractivity contribution in [2.75, 3.05) is 20.8 Å². The lowest BCUT2D eigenvalue weighted by Gasteiger charge is -2.12. The second-order valence-electron chi connectivity index (χ2n) is 3.22. The second kappa shape index (κ2) is 5.79. The fourth-order valence-electron chi connectivity index (χ4n) is 1.40. The quantitative estimate of drug-likeness (QED) is 0.726. The van der Waals surface area contributed by atoms with Gasteiger partial charge in [0.1, 0.15) is 5.69 Å². The van der Waals surface area contributed by atoms with Crippen molar-refractivity contribution in [3.05, 3.63) is 11.4 Å². The molecule has 0 amide bonds. The van der Waals surface area contributed by atoms with Crippen molar-refractivity contribution >= 4 is 0 Å². The molecule has 0 aliphatic carbocycles. The van der Waals surface area contributed by atoms with E-state index in [4.69, 9.17) is 15.2 Å². The van der Waals surface area contributed by atoms with E-state index in [1.807, 2.05) is 6.92 Å². The van der Waals surface area contributed by atoms with E-state index in [0.29, 0.717) is 19.7 Å². The van der Waals surface area contributed by atoms with Gasteiger partial charge in [-0.25, -0.2) is 4.68 Å². The molecule has 0 saturated carbocycles. The van der Waals surface area contributed by atoms with Crippen molar-refractivity contribution in [1.82, 2.24) is 15.0 Å². The van der Waals surface area contributed by atoms with E-state index in [-0.39, 0.29) is 6.10 Å². The molecule has 1 heterocycles. The molecule has 1 aromatic heterocycles. The van der Waals surface area contributed by atoms with Crippen molar-refractivity contribution in [2.24, 2.45) is 5.73 Å². The van der Waals surface area contributed by atoms with E-state index in [0.717, 1.165) is 11.4 Å². The summed E-state index contributed by atoms with van der Waals surface area (Å²) >= 11 is 0. The van der Waals surface area contributed by atoms with Crippen LogP contribution >= 0.6 is 0 Å². The highest BCUT2D eigenvalue weighted by Crippen LogP contribution is 2.18. The van der Waals surface area contributed by atoms with Gasteiger partial charge in [0.2, 0.25) is 0 Å². The molecule has 0 bridgehead atoms. The van der Waals surface area contributed by atoms with E-state index < -0.39 is 0 Å². The molecule has 0 aliphatic heterocycles. The Hall–Kier alpha value is -0.980. The average Bonchev–Trinajstić information content (AvgIpc) is 2.68. The highest BCUT2D eigenvalue weighted by atomic mass is 16.5. The fraction of sp³-hybridized carbons (Fsp3) is 0.778. The molecule has 0 aromatic carbocycles. The summed E-state index contributed by atoms with van der Waals surface area (Å²) in [5, 5.41) is 8.03. The summed E-state index contributed by atoms with van der Waals surface area (Å²) in [7, 11) is 3.30. The summed E-state index contributed by atoms with van der Waals surface area (Å²) in [6.07, 6.45) is -0.0598. The first-order valence-electron chi connectivity index (χ1n) is 4.88. The second-order valence-corrected chi connectivity index (χ2v) is 3.22. The molecule has 0 saturated heterocycles. The van der Waals surface area contributed by atoms with Gasteiger partial charge in [0.15, 0.2) is 0 Å². The van der Waals surface area contributed by atoms with E-state index in [1.165, 1.54) is 0 Å². The summed E-state index contributed by atoms with van der Waals surface area (Å²) in [5.74, 6) is 0. The van der Waals surface area contributed by atoms with Crippen LogP contribution < -0.4 is 5.73 Å². The SMILES string of the molecule is COCCn1nnc(CN)c1C(C)OC. The molecule has 0 fully saturated rings. The van der Waals surface area contributed by atoms with Crippen LogP contribution in [0.4, 0.5) is 0 Å². The van der Waals surface area contributed by atoms with E-state index >= 15 is 0 Å². The van der Waals surface area contributed by atoms with Crippen molar-refractivity contribution in [3.8, 4) is 0 Å². The van der Waals surface area contributed by atoms with Crippen LogP contribution in [0.2, 0.25) is 0 Å². The van der Waals surface area contributed by atoms with Gasteiger partial charge >= 0.3 is 0 Å². The number of hydrogen-bond acceptors (Lipinski definition) is 5. The number of nitrogens with two attached hydrogens (primary N) is 1. The zero-order valence-electron chi connectivity index (χ0n) is 9.43. The summed E-state index contributed by atoms with van der Waals surface area (Å²) in [4.78, 5) is 0. The molecular formula is C9H18N4O2. The summed E-state index contributed by atoms with van der Waals surface area (Å²) in [6.45, 7) is 3.57. The van der Waals surface area contributed by atoms with Gasteiger partial charge in [-0.2, -0.15) is 0 Å². The minimum Gasteiger partial charge on any atom is -0.383 e. The van der Waals surface area contributed by atoms with Crippen LogP contribution in [-0.2, 0) is 22.6 Å². The molecule has 1 atom stereocenters. The largest absolute Gasteiger partial charge is 0.383 e. The van der Waals surface area contributed by atoms with Gasteiger partial charge in [-0.3, -0.25) is 0 Å². The summed E-state index contributed by atoms with van der Waals surface area (Å²) < 4.78 is 12.0. The first-order chi connectivity index (χ1) is 7.24. The third kappa shape index (κ3) is 2.74. The Labute approximate surface area is 89.3 Å². The van der Waals surface area contributed by atoms with Gasteiger partial charge in [0.25, 0.3) is 0 Å². The maximum atomic E-state index is 5.58. The van der Waals surface area contributed by atoms with Crippen LogP contribution in [0.5, 0.6) is 0 Å². The predicted octanol–water partition coefficient (Wildman–Crippen LogP) is 0.0906. The van der Waals surface area contributed by atoms with Gasteiger partial charge in [-0.05, 0) is 6.92 Å². The van der Waals surface area contributed by atoms with E-state index in [2.05, 4.69) is 10.3 Å². The Bertz CT molecular complexity index is 300. The zero-order valence-corrected chi connectivity index (χ0v) is 9.43. The first-order valence-corrected chi connectivity index (χ1v) is 4.88. The lowest BCUT2D eigenvalue weighted by atomic mass is 10.2. The molecule has 1 rings (SSSR count). The molecule has 15 heavy (non-hydrogen) atoms. The molecule has 0 aliphatic rings. The monoisotopic (exact) mass is 214 g/mol. The van der Waals surface area contributed by atoms with Crippen LogP contribution in [0.3, 0.4) is 0 Å². The Kier molecular flexibility index (Phi) is 4.67. The minimum absolute atomic E-state index is 0.0598. The van der Waals surface area contributed by atoms with Crippen molar-refractivity contribution in [3.63, 3.8) is 0 Å². The van der Waals surface area contributed by atoms with Gasteiger partial charge in [-0.1, -0.05) is 5.21 Å². The lowest BCUT2D eigenvalue weighted by molar-refractivity contribution is 0.107. The molecule has 6 heteroatoms. The Morgan fingerprint density at radius 3 is 2.73 bits per heavy atom. The molecule has 0 spiro atoms. The summed E-state index contributed by atoms with van der Waals surface area (Å²) in [6, 6.07) is 0. The maximum absolute atomic E-state index is 5.58. The smallest absolute Gasteiger partial charge is 0.102 e. The Morgan fingerprint density at radius 1 is 1.47 bits per heavy atom. The number of ether oxygens (including phenoxy) is 2. The van der Waals surface area contributed by atoms with E-state index in [1.54, 1.807) is 18.9 Å². The number of nitrogens with zero attached hydrogens (tertiary/aromatic N) is 3. The topological polar surface area (TPSA) is 75.2 Å². The van der Waals surface area contributed by atoms with Crippen LogP contribution in [0.15, 0.2) is 0 Å². The Balaban J connectivity index is 2.89. The lowest BCUT2D eigenvalue weighted by Crippen LogP contribution is -2.14. The molecular weight excluding hydrogens is 196 g/mol. The van der Waals surface area contributed by atoms with Crippen molar-refractivity contribution in [2.45, 2.75) is 26.1 Å². The van der Waals surface area contributed by atoms with Crippen LogP contribution in [0, 0.1) is 0 Å². The highest BCUT2D eigenvalue weighted by Gasteiger charge is 2.17. The Morgan fingerprint density at radius 2 is 2.20 bits per heavy atom. The molecule has 6 nitrogen and oxygen atoms in total. The normalized spacial score (nSPS) is 13.1. The third-order valence-corrected chi connectivity index (χ3v) is 2.29. The van der Waals surface area contributed by atoms with Gasteiger partial charge in [-0.15, -0.1) is 5.10 Å². The molecule has 1 aromatic rings. The predicted molar refractivity (Wildman–Crippen MR) is 55.2 cm³/mol. The van der Waals surface area contributed by atoms with Crippen LogP contribution in [0.25, 0.3) is 0 Å². The van der Waals surface area contributed by atoms with Gasteiger partial charge in [0.05, 0.1) is 24.9 Å². The van der Waals surface area contributed by atoms with Crippen molar-refractivity contribution < 1.29 is 9.47 Å². The standard InChI is InChI=1S/C9H18N4O2/c1-7(15-3)9-8(6-10)11-12-13(9)4-5-14-2/h7H,4-6,10H2,1-3H3. The minimum atomic E-state index is -0.0598. The zero-order chi connectivity index (χ0) is 11.3. The molecule has 1 unspecified atom stereocenters. The van der Waals surface area contributed by atoms with Crippen LogP contribution in [0.1, 0.15) is 24.4 Å². The van der Waals surface area contributed by atoms with Gasteiger partial charge < -0.3 is 15.2 Å². The van der Waals surface area contributed by atoms with Gasteiger partial charge in [0, 0.05) is 20.8 Å². The fourth-order valence-corrected chi connectivity index (χ4v) is 1.40. The first kappa shape index (κ1) is 12.1. The number of rotatable bonds is 6. The molecule has 2 N–H and O–H groups in total. The van der Waals surface area contributed by atoms with Crippen molar-refractivity contribution in [1.29, 1.82) is 0 Å². The average molecular weight is 214 g/mol. The van der Waals surface area contributed by atoms with E-state index in [9.17, 15) is 0 Å². The molecule has 0 radical (unpaired) electrons.